The van der Waals surface area contributed by atoms with Crippen LogP contribution in [0.25, 0.3) is 0 Å². The molecule has 1 saturated carbocycles. The number of nitrogens with zero attached hydrogens (tertiary/aromatic N) is 1. The molecule has 2 atom stereocenters. The van der Waals surface area contributed by atoms with Crippen LogP contribution in [0.5, 0.6) is 5.75 Å². The Morgan fingerprint density at radius 2 is 2.08 bits per heavy atom. The van der Waals surface area contributed by atoms with Crippen molar-refractivity contribution in [3.63, 3.8) is 0 Å². The molecule has 0 aliphatic heterocycles. The molecule has 1 aromatic heterocycles. The van der Waals surface area contributed by atoms with Crippen LogP contribution in [0.3, 0.4) is 0 Å². The number of nitrogens with one attached hydrogen (secondary N) is 1. The minimum atomic E-state index is -3.99. The van der Waals surface area contributed by atoms with Crippen LogP contribution in [-0.2, 0) is 14.8 Å². The van der Waals surface area contributed by atoms with Gasteiger partial charge in [0.15, 0.2) is 0 Å². The SMILES string of the molecule is COc1ccccc1[C@H]1C[C@@H]1C(=O)NS(=O)(=O)c1cncc(Cl)c1. The van der Waals surface area contributed by atoms with Crippen molar-refractivity contribution < 1.29 is 17.9 Å². The summed E-state index contributed by atoms with van der Waals surface area (Å²) in [6, 6.07) is 8.65. The molecule has 1 aliphatic rings. The van der Waals surface area contributed by atoms with Crippen molar-refractivity contribution in [1.29, 1.82) is 0 Å². The summed E-state index contributed by atoms with van der Waals surface area (Å²) in [5.41, 5.74) is 0.905. The highest BCUT2D eigenvalue weighted by atomic mass is 35.5. The summed E-state index contributed by atoms with van der Waals surface area (Å²) in [4.78, 5) is 15.9. The number of carbonyl (C=O) groups excluding carboxylic acids is 1. The fourth-order valence-corrected chi connectivity index (χ4v) is 3.86. The summed E-state index contributed by atoms with van der Waals surface area (Å²) < 4.78 is 31.9. The van der Waals surface area contributed by atoms with Gasteiger partial charge >= 0.3 is 0 Å². The maximum atomic E-state index is 12.3. The van der Waals surface area contributed by atoms with E-state index in [9.17, 15) is 13.2 Å². The fourth-order valence-electron chi connectivity index (χ4n) is 2.61. The topological polar surface area (TPSA) is 85.4 Å². The third-order valence-electron chi connectivity index (χ3n) is 3.89. The molecule has 1 N–H and O–H groups in total. The molecule has 0 spiro atoms. The lowest BCUT2D eigenvalue weighted by Crippen LogP contribution is -2.32. The number of rotatable bonds is 5. The number of halogens is 1. The molecule has 3 rings (SSSR count). The van der Waals surface area contributed by atoms with Gasteiger partial charge in [0, 0.05) is 18.3 Å². The lowest BCUT2D eigenvalue weighted by Gasteiger charge is -2.09. The fraction of sp³-hybridized carbons (Fsp3) is 0.250. The van der Waals surface area contributed by atoms with Gasteiger partial charge in [-0.05, 0) is 30.0 Å². The van der Waals surface area contributed by atoms with Crippen LogP contribution >= 0.6 is 11.6 Å². The van der Waals surface area contributed by atoms with Crippen LogP contribution in [-0.4, -0.2) is 26.4 Å². The van der Waals surface area contributed by atoms with Crippen molar-refractivity contribution in [3.8, 4) is 5.75 Å². The van der Waals surface area contributed by atoms with Crippen LogP contribution in [0.2, 0.25) is 5.02 Å². The van der Waals surface area contributed by atoms with E-state index in [2.05, 4.69) is 9.71 Å². The van der Waals surface area contributed by atoms with Crippen LogP contribution in [0.15, 0.2) is 47.6 Å². The van der Waals surface area contributed by atoms with E-state index in [-0.39, 0.29) is 15.8 Å². The molecule has 1 amide bonds. The van der Waals surface area contributed by atoms with Crippen molar-refractivity contribution in [2.24, 2.45) is 5.92 Å². The van der Waals surface area contributed by atoms with Crippen molar-refractivity contribution in [2.45, 2.75) is 17.2 Å². The van der Waals surface area contributed by atoms with Crippen LogP contribution in [0.4, 0.5) is 0 Å². The smallest absolute Gasteiger partial charge is 0.265 e. The summed E-state index contributed by atoms with van der Waals surface area (Å²) in [6.07, 6.45) is 3.04. The first-order chi connectivity index (χ1) is 11.4. The van der Waals surface area contributed by atoms with Crippen molar-refractivity contribution in [3.05, 3.63) is 53.3 Å². The number of benzene rings is 1. The number of aromatic nitrogens is 1. The molecule has 24 heavy (non-hydrogen) atoms. The summed E-state index contributed by atoms with van der Waals surface area (Å²) in [5.74, 6) is -0.289. The van der Waals surface area contributed by atoms with E-state index in [1.807, 2.05) is 24.3 Å². The molecule has 1 aliphatic carbocycles. The van der Waals surface area contributed by atoms with Gasteiger partial charge in [-0.3, -0.25) is 9.78 Å². The molecule has 6 nitrogen and oxygen atoms in total. The molecule has 0 bridgehead atoms. The highest BCUT2D eigenvalue weighted by molar-refractivity contribution is 7.90. The van der Waals surface area contributed by atoms with Crippen LogP contribution < -0.4 is 9.46 Å². The number of hydrogen-bond acceptors (Lipinski definition) is 5. The normalized spacial score (nSPS) is 19.6. The van der Waals surface area contributed by atoms with Gasteiger partial charge in [-0.2, -0.15) is 0 Å². The van der Waals surface area contributed by atoms with E-state index in [1.54, 1.807) is 7.11 Å². The molecule has 1 fully saturated rings. The van der Waals surface area contributed by atoms with Gasteiger partial charge in [-0.25, -0.2) is 13.1 Å². The number of methoxy groups -OCH3 is 1. The van der Waals surface area contributed by atoms with Crippen molar-refractivity contribution >= 4 is 27.5 Å². The Kier molecular flexibility index (Phi) is 4.47. The number of amides is 1. The average Bonchev–Trinajstić information content (AvgIpc) is 3.35. The van der Waals surface area contributed by atoms with E-state index in [4.69, 9.17) is 16.3 Å². The summed E-state index contributed by atoms with van der Waals surface area (Å²) in [6.45, 7) is 0. The maximum absolute atomic E-state index is 12.3. The lowest BCUT2D eigenvalue weighted by molar-refractivity contribution is -0.120. The Labute approximate surface area is 144 Å². The Hall–Kier alpha value is -2.12. The van der Waals surface area contributed by atoms with Gasteiger partial charge in [0.05, 0.1) is 12.1 Å². The standard InChI is InChI=1S/C16H15ClN2O4S/c1-23-15-5-3-2-4-12(15)13-7-14(13)16(20)19-24(21,22)11-6-10(17)8-18-9-11/h2-6,8-9,13-14H,7H2,1H3,(H,19,20)/t13-,14+/m1/s1. The Morgan fingerprint density at radius 1 is 1.33 bits per heavy atom. The second-order valence-electron chi connectivity index (χ2n) is 5.50. The number of para-hydroxylation sites is 1. The molecule has 0 radical (unpaired) electrons. The third-order valence-corrected chi connectivity index (χ3v) is 5.41. The Bertz CT molecular complexity index is 885. The van der Waals surface area contributed by atoms with Gasteiger partial charge in [-0.1, -0.05) is 29.8 Å². The van der Waals surface area contributed by atoms with Gasteiger partial charge in [0.25, 0.3) is 10.0 Å². The predicted molar refractivity (Wildman–Crippen MR) is 88.4 cm³/mol. The molecule has 126 valence electrons. The lowest BCUT2D eigenvalue weighted by atomic mass is 10.1. The molecule has 1 heterocycles. The third kappa shape index (κ3) is 3.37. The second-order valence-corrected chi connectivity index (χ2v) is 7.62. The van der Waals surface area contributed by atoms with E-state index in [0.29, 0.717) is 12.2 Å². The maximum Gasteiger partial charge on any atom is 0.265 e. The summed E-state index contributed by atoms with van der Waals surface area (Å²) in [7, 11) is -2.42. The molecule has 0 saturated heterocycles. The van der Waals surface area contributed by atoms with E-state index < -0.39 is 21.8 Å². The number of ether oxygens (including phenoxy) is 1. The Morgan fingerprint density at radius 3 is 2.79 bits per heavy atom. The quantitative estimate of drug-likeness (QED) is 0.877. The van der Waals surface area contributed by atoms with E-state index in [0.717, 1.165) is 11.8 Å². The van der Waals surface area contributed by atoms with Crippen LogP contribution in [0.1, 0.15) is 17.9 Å². The average molecular weight is 367 g/mol. The van der Waals surface area contributed by atoms with Gasteiger partial charge in [0.1, 0.15) is 10.6 Å². The first-order valence-corrected chi connectivity index (χ1v) is 9.08. The molecule has 2 aromatic rings. The minimum absolute atomic E-state index is 0.0474. The summed E-state index contributed by atoms with van der Waals surface area (Å²) in [5, 5.41) is 0.184. The van der Waals surface area contributed by atoms with Crippen LogP contribution in [0, 0.1) is 5.92 Å². The number of carbonyl (C=O) groups is 1. The number of sulfonamides is 1. The first-order valence-electron chi connectivity index (χ1n) is 7.22. The van der Waals surface area contributed by atoms with Crippen molar-refractivity contribution in [2.75, 3.05) is 7.11 Å². The zero-order valence-electron chi connectivity index (χ0n) is 12.8. The zero-order valence-corrected chi connectivity index (χ0v) is 14.3. The molecular formula is C16H15ClN2O4S. The first kappa shape index (κ1) is 16.7. The zero-order chi connectivity index (χ0) is 17.3. The van der Waals surface area contributed by atoms with Crippen molar-refractivity contribution in [1.82, 2.24) is 9.71 Å². The highest BCUT2D eigenvalue weighted by Crippen LogP contribution is 2.50. The van der Waals surface area contributed by atoms with Gasteiger partial charge in [-0.15, -0.1) is 0 Å². The van der Waals surface area contributed by atoms with Gasteiger partial charge in [0.2, 0.25) is 5.91 Å². The van der Waals surface area contributed by atoms with E-state index in [1.165, 1.54) is 12.3 Å². The van der Waals surface area contributed by atoms with Gasteiger partial charge < -0.3 is 4.74 Å². The monoisotopic (exact) mass is 366 g/mol. The summed E-state index contributed by atoms with van der Waals surface area (Å²) >= 11 is 5.75. The van der Waals surface area contributed by atoms with E-state index >= 15 is 0 Å². The predicted octanol–water partition coefficient (Wildman–Crippen LogP) is 2.35. The largest absolute Gasteiger partial charge is 0.496 e. The molecule has 0 unspecified atom stereocenters. The highest BCUT2D eigenvalue weighted by Gasteiger charge is 2.46. The molecular weight excluding hydrogens is 352 g/mol. The number of pyridine rings is 1. The second kappa shape index (κ2) is 6.41. The molecule has 8 heteroatoms. The number of hydrogen-bond donors (Lipinski definition) is 1. The molecule has 1 aromatic carbocycles. The minimum Gasteiger partial charge on any atom is -0.496 e. The Balaban J connectivity index is 1.73.